The molecule has 9 nitrogen and oxygen atoms in total. The van der Waals surface area contributed by atoms with E-state index in [4.69, 9.17) is 4.74 Å². The number of aliphatic hydroxyl groups excluding tert-OH is 1. The van der Waals surface area contributed by atoms with Crippen LogP contribution in [0.15, 0.2) is 47.2 Å². The number of esters is 1. The van der Waals surface area contributed by atoms with Gasteiger partial charge >= 0.3 is 5.97 Å². The van der Waals surface area contributed by atoms with Crippen LogP contribution in [-0.4, -0.2) is 62.3 Å². The third kappa shape index (κ3) is 4.33. The first kappa shape index (κ1) is 28.7. The molecule has 5 aliphatic rings. The molecule has 2 aromatic rings. The minimum Gasteiger partial charge on any atom is -0.458 e. The molecule has 7 rings (SSSR count). The van der Waals surface area contributed by atoms with Gasteiger partial charge in [-0.15, -0.1) is 0 Å². The Bertz CT molecular complexity index is 1500. The maximum absolute atomic E-state index is 12.9. The predicted octanol–water partition coefficient (Wildman–Crippen LogP) is 3.92. The van der Waals surface area contributed by atoms with Crippen molar-refractivity contribution in [1.29, 1.82) is 0 Å². The van der Waals surface area contributed by atoms with Crippen molar-refractivity contribution in [1.82, 2.24) is 10.4 Å². The van der Waals surface area contributed by atoms with Gasteiger partial charge in [-0.05, 0) is 92.7 Å². The number of carbonyl (C=O) groups excluding carboxylic acids is 2. The highest BCUT2D eigenvalue weighted by molar-refractivity contribution is 5.85. The van der Waals surface area contributed by atoms with E-state index in [0.29, 0.717) is 45.1 Å². The first-order valence-corrected chi connectivity index (χ1v) is 16.0. The molecule has 0 spiro atoms. The summed E-state index contributed by atoms with van der Waals surface area (Å²) in [4.78, 5) is 28.0. The van der Waals surface area contributed by atoms with Crippen LogP contribution in [0.5, 0.6) is 0 Å². The molecule has 1 aromatic heterocycles. The summed E-state index contributed by atoms with van der Waals surface area (Å²) in [6.45, 7) is 2.47. The zero-order chi connectivity index (χ0) is 30.0. The second kappa shape index (κ2) is 10.3. The third-order valence-electron chi connectivity index (χ3n) is 12.4. The number of ether oxygens (including phenoxy) is 1. The Hall–Kier alpha value is -3.01. The standard InChI is InChI=1S/C34H43N3O6/c1-31-12-9-26-27(34(31,42)15-11-25(31)22-16-30(40)43-19-22)10-14-33(41)17-23(38)8-13-32(26,33)20-36-37-29(39)7-6-21-18-35-28-5-3-2-4-24(21)28/h2-5,16,18,20,23,25-27,35,38,41-42H,6-15,17,19H2,1H3,(H,37,39). The van der Waals surface area contributed by atoms with E-state index in [9.17, 15) is 24.9 Å². The average Bonchev–Trinajstić information content (AvgIpc) is 3.67. The van der Waals surface area contributed by atoms with Gasteiger partial charge in [0.15, 0.2) is 0 Å². The van der Waals surface area contributed by atoms with Gasteiger partial charge in [0.2, 0.25) is 5.91 Å². The second-order valence-corrected chi connectivity index (χ2v) is 14.2. The van der Waals surface area contributed by atoms with Crippen molar-refractivity contribution in [3.8, 4) is 0 Å². The third-order valence-corrected chi connectivity index (χ3v) is 12.4. The van der Waals surface area contributed by atoms with Crippen molar-refractivity contribution in [2.75, 3.05) is 6.61 Å². The van der Waals surface area contributed by atoms with Gasteiger partial charge in [0.25, 0.3) is 0 Å². The number of H-pyrrole nitrogens is 1. The van der Waals surface area contributed by atoms with Gasteiger partial charge in [-0.1, -0.05) is 25.1 Å². The first-order valence-electron chi connectivity index (χ1n) is 16.0. The molecule has 2 heterocycles. The molecule has 0 bridgehead atoms. The van der Waals surface area contributed by atoms with E-state index >= 15 is 0 Å². The number of hydrazone groups is 1. The van der Waals surface area contributed by atoms with Crippen LogP contribution in [0.3, 0.4) is 0 Å². The predicted molar refractivity (Wildman–Crippen MR) is 161 cm³/mol. The van der Waals surface area contributed by atoms with E-state index in [1.54, 1.807) is 12.3 Å². The molecule has 0 radical (unpaired) electrons. The van der Waals surface area contributed by atoms with Crippen molar-refractivity contribution < 1.29 is 29.6 Å². The van der Waals surface area contributed by atoms with Crippen molar-refractivity contribution in [3.05, 3.63) is 47.7 Å². The van der Waals surface area contributed by atoms with Gasteiger partial charge in [0, 0.05) is 53.1 Å². The number of aliphatic hydroxyl groups is 3. The molecule has 8 unspecified atom stereocenters. The molecule has 8 atom stereocenters. The highest BCUT2D eigenvalue weighted by Gasteiger charge is 2.71. The Morgan fingerprint density at radius 3 is 2.74 bits per heavy atom. The molecule has 1 amide bonds. The lowest BCUT2D eigenvalue weighted by Crippen LogP contribution is -2.68. The highest BCUT2D eigenvalue weighted by atomic mass is 16.5. The largest absolute Gasteiger partial charge is 0.458 e. The van der Waals surface area contributed by atoms with E-state index < -0.39 is 28.1 Å². The lowest BCUT2D eigenvalue weighted by molar-refractivity contribution is -0.237. The number of fused-ring (bicyclic) bond motifs is 6. The van der Waals surface area contributed by atoms with E-state index in [1.807, 2.05) is 30.5 Å². The number of hydrogen-bond donors (Lipinski definition) is 5. The fourth-order valence-electron chi connectivity index (χ4n) is 10.2. The maximum Gasteiger partial charge on any atom is 0.331 e. The van der Waals surface area contributed by atoms with Crippen LogP contribution in [0, 0.1) is 28.6 Å². The first-order chi connectivity index (χ1) is 20.6. The number of benzene rings is 1. The number of nitrogens with zero attached hydrogens (tertiary/aromatic N) is 1. The summed E-state index contributed by atoms with van der Waals surface area (Å²) in [5.74, 6) is -0.517. The number of nitrogens with one attached hydrogen (secondary N) is 2. The van der Waals surface area contributed by atoms with Crippen molar-refractivity contribution in [2.45, 2.75) is 94.9 Å². The number of rotatable bonds is 6. The van der Waals surface area contributed by atoms with Crippen molar-refractivity contribution in [2.24, 2.45) is 33.7 Å². The molecule has 230 valence electrons. The number of aryl methyl sites for hydroxylation is 1. The number of aromatic amines is 1. The van der Waals surface area contributed by atoms with E-state index in [1.165, 1.54) is 0 Å². The van der Waals surface area contributed by atoms with Gasteiger partial charge in [-0.2, -0.15) is 5.10 Å². The smallest absolute Gasteiger partial charge is 0.331 e. The molecule has 1 aliphatic heterocycles. The Kier molecular flexibility index (Phi) is 6.87. The molecule has 0 saturated heterocycles. The van der Waals surface area contributed by atoms with Crippen LogP contribution in [0.1, 0.15) is 76.7 Å². The van der Waals surface area contributed by atoms with Gasteiger partial charge in [-0.3, -0.25) is 4.79 Å². The van der Waals surface area contributed by atoms with Gasteiger partial charge in [0.1, 0.15) is 6.61 Å². The Balaban J connectivity index is 1.12. The summed E-state index contributed by atoms with van der Waals surface area (Å²) in [5, 5.41) is 40.9. The monoisotopic (exact) mass is 589 g/mol. The van der Waals surface area contributed by atoms with Crippen LogP contribution in [0.4, 0.5) is 0 Å². The Morgan fingerprint density at radius 1 is 1.12 bits per heavy atom. The SMILES string of the molecule is CC12CCC3C(CCC4(O)CC(O)CCC34C=NNC(=O)CCc3c[nH]c4ccccc34)C1(O)CCC2C1=CC(=O)OC1. The maximum atomic E-state index is 12.9. The summed E-state index contributed by atoms with van der Waals surface area (Å²) >= 11 is 0. The lowest BCUT2D eigenvalue weighted by atomic mass is 9.41. The molecule has 9 heteroatoms. The number of carbonyl (C=O) groups is 2. The topological polar surface area (TPSA) is 144 Å². The lowest BCUT2D eigenvalue weighted by Gasteiger charge is -2.65. The van der Waals surface area contributed by atoms with E-state index in [-0.39, 0.29) is 42.5 Å². The quantitative estimate of drug-likeness (QED) is 0.196. The van der Waals surface area contributed by atoms with Crippen molar-refractivity contribution >= 4 is 29.0 Å². The van der Waals surface area contributed by atoms with Gasteiger partial charge < -0.3 is 25.0 Å². The van der Waals surface area contributed by atoms with Crippen LogP contribution in [0.2, 0.25) is 0 Å². The molecule has 5 N–H and O–H groups in total. The number of amides is 1. The van der Waals surface area contributed by atoms with E-state index in [2.05, 4.69) is 22.4 Å². The summed E-state index contributed by atoms with van der Waals surface area (Å²) in [6.07, 6.45) is 11.1. The van der Waals surface area contributed by atoms with Crippen LogP contribution < -0.4 is 5.43 Å². The molecular formula is C34H43N3O6. The average molecular weight is 590 g/mol. The molecule has 4 fully saturated rings. The summed E-state index contributed by atoms with van der Waals surface area (Å²) in [7, 11) is 0. The fourth-order valence-corrected chi connectivity index (χ4v) is 10.2. The van der Waals surface area contributed by atoms with E-state index in [0.717, 1.165) is 41.3 Å². The van der Waals surface area contributed by atoms with Crippen LogP contribution in [-0.2, 0) is 20.7 Å². The van der Waals surface area contributed by atoms with Crippen LogP contribution >= 0.6 is 0 Å². The number of hydrogen-bond acceptors (Lipinski definition) is 7. The molecule has 4 saturated carbocycles. The van der Waals surface area contributed by atoms with Crippen molar-refractivity contribution in [3.63, 3.8) is 0 Å². The molecule has 1 aromatic carbocycles. The zero-order valence-electron chi connectivity index (χ0n) is 24.8. The second-order valence-electron chi connectivity index (χ2n) is 14.2. The normalized spacial score (nSPS) is 40.6. The van der Waals surface area contributed by atoms with Gasteiger partial charge in [-0.25, -0.2) is 10.2 Å². The minimum atomic E-state index is -1.17. The Morgan fingerprint density at radius 2 is 1.93 bits per heavy atom. The summed E-state index contributed by atoms with van der Waals surface area (Å²) in [6, 6.07) is 8.02. The zero-order valence-corrected chi connectivity index (χ0v) is 24.8. The molecule has 43 heavy (non-hydrogen) atoms. The molecular weight excluding hydrogens is 546 g/mol. The fraction of sp³-hybridized carbons (Fsp3) is 0.618. The Labute approximate surface area is 251 Å². The van der Waals surface area contributed by atoms with Crippen LogP contribution in [0.25, 0.3) is 10.9 Å². The van der Waals surface area contributed by atoms with Gasteiger partial charge in [0.05, 0.1) is 17.3 Å². The summed E-state index contributed by atoms with van der Waals surface area (Å²) in [5.41, 5.74) is 2.57. The summed E-state index contributed by atoms with van der Waals surface area (Å²) < 4.78 is 5.25. The number of cyclic esters (lactones) is 1. The number of aromatic nitrogens is 1. The highest BCUT2D eigenvalue weighted by Crippen LogP contribution is 2.70. The molecule has 4 aliphatic carbocycles. The minimum absolute atomic E-state index is 0.0436. The number of para-hydroxylation sites is 1.